The maximum atomic E-state index is 10.9. The highest BCUT2D eigenvalue weighted by atomic mass is 127. The molecule has 0 bridgehead atoms. The highest BCUT2D eigenvalue weighted by molar-refractivity contribution is 14.0. The number of carbonyl (C=O) groups is 1. The van der Waals surface area contributed by atoms with Crippen LogP contribution in [0, 0.1) is 0 Å². The molecule has 0 saturated heterocycles. The van der Waals surface area contributed by atoms with E-state index in [1.54, 1.807) is 30.3 Å². The van der Waals surface area contributed by atoms with E-state index in [1.165, 1.54) is 0 Å². The Morgan fingerprint density at radius 3 is 2.44 bits per heavy atom. The molecule has 0 unspecified atom stereocenters. The molecule has 0 aliphatic rings. The number of rotatable bonds is 5. The number of hydrogen-bond donors (Lipinski definition) is 3. The predicted molar refractivity (Wildman–Crippen MR) is 83.9 cm³/mol. The molecule has 5 N–H and O–H groups in total. The zero-order chi connectivity index (χ0) is 12.7. The van der Waals surface area contributed by atoms with Gasteiger partial charge in [-0.15, -0.1) is 30.6 Å². The monoisotopic (exact) mass is 360 g/mol. The number of amides is 1. The lowest BCUT2D eigenvalue weighted by Crippen LogP contribution is -2.31. The molecule has 0 fully saturated rings. The van der Waals surface area contributed by atoms with Gasteiger partial charge in [-0.3, -0.25) is 4.79 Å². The second kappa shape index (κ2) is 8.51. The summed E-state index contributed by atoms with van der Waals surface area (Å²) in [5, 5.41) is 2.87. The smallest absolute Gasteiger partial charge is 0.248 e. The normalized spacial score (nSPS) is 10.3. The van der Waals surface area contributed by atoms with E-state index < -0.39 is 5.91 Å². The van der Waals surface area contributed by atoms with E-state index in [0.29, 0.717) is 24.6 Å². The molecule has 1 aromatic carbocycles. The molecule has 0 aliphatic heterocycles. The zero-order valence-corrected chi connectivity index (χ0v) is 12.3. The molecule has 0 heterocycles. The van der Waals surface area contributed by atoms with Crippen molar-refractivity contribution in [1.29, 1.82) is 0 Å². The number of hydrogen-bond acceptors (Lipinski definition) is 2. The standard InChI is InChI=1S/C12H16N4O.HI/c1-2-7-15-12(14)16-8-9-3-5-10(6-4-9)11(13)17;/h2-6H,1,7-8H2,(H2,13,17)(H3,14,15,16);1H. The van der Waals surface area contributed by atoms with Crippen molar-refractivity contribution in [3.05, 3.63) is 48.0 Å². The van der Waals surface area contributed by atoms with Crippen LogP contribution in [-0.2, 0) is 6.54 Å². The lowest BCUT2D eigenvalue weighted by molar-refractivity contribution is 0.100. The van der Waals surface area contributed by atoms with Crippen LogP contribution in [0.5, 0.6) is 0 Å². The molecule has 1 amide bonds. The van der Waals surface area contributed by atoms with Crippen molar-refractivity contribution in [2.24, 2.45) is 16.5 Å². The quantitative estimate of drug-likeness (QED) is 0.316. The predicted octanol–water partition coefficient (Wildman–Crippen LogP) is 0.994. The van der Waals surface area contributed by atoms with Gasteiger partial charge in [0.1, 0.15) is 0 Å². The van der Waals surface area contributed by atoms with Crippen molar-refractivity contribution in [2.45, 2.75) is 6.54 Å². The minimum atomic E-state index is -0.438. The van der Waals surface area contributed by atoms with Gasteiger partial charge in [-0.05, 0) is 17.7 Å². The molecule has 18 heavy (non-hydrogen) atoms. The van der Waals surface area contributed by atoms with E-state index in [4.69, 9.17) is 11.5 Å². The van der Waals surface area contributed by atoms with Gasteiger partial charge in [-0.1, -0.05) is 18.2 Å². The Morgan fingerprint density at radius 1 is 1.33 bits per heavy atom. The Kier molecular flexibility index (Phi) is 7.77. The van der Waals surface area contributed by atoms with Gasteiger partial charge < -0.3 is 16.8 Å². The number of aliphatic imine (C=N–C) groups is 1. The summed E-state index contributed by atoms with van der Waals surface area (Å²) in [7, 11) is 0. The van der Waals surface area contributed by atoms with E-state index in [0.717, 1.165) is 5.56 Å². The highest BCUT2D eigenvalue weighted by Gasteiger charge is 1.99. The molecule has 0 saturated carbocycles. The molecule has 0 atom stereocenters. The van der Waals surface area contributed by atoms with Crippen LogP contribution in [0.3, 0.4) is 0 Å². The van der Waals surface area contributed by atoms with Crippen LogP contribution in [0.4, 0.5) is 0 Å². The van der Waals surface area contributed by atoms with E-state index >= 15 is 0 Å². The molecule has 1 rings (SSSR count). The first-order valence-electron chi connectivity index (χ1n) is 5.17. The molecule has 0 aliphatic carbocycles. The topological polar surface area (TPSA) is 93.5 Å². The summed E-state index contributed by atoms with van der Waals surface area (Å²) in [6, 6.07) is 6.93. The van der Waals surface area contributed by atoms with Crippen LogP contribution in [-0.4, -0.2) is 18.4 Å². The van der Waals surface area contributed by atoms with E-state index in [2.05, 4.69) is 16.9 Å². The third-order valence-electron chi connectivity index (χ3n) is 2.10. The number of nitrogens with two attached hydrogens (primary N) is 2. The van der Waals surface area contributed by atoms with Crippen molar-refractivity contribution in [3.63, 3.8) is 0 Å². The minimum Gasteiger partial charge on any atom is -0.370 e. The zero-order valence-electron chi connectivity index (χ0n) is 9.93. The summed E-state index contributed by atoms with van der Waals surface area (Å²) in [6.45, 7) is 4.59. The number of primary amides is 1. The second-order valence-electron chi connectivity index (χ2n) is 3.43. The van der Waals surface area contributed by atoms with Gasteiger partial charge in [-0.25, -0.2) is 4.99 Å². The first-order chi connectivity index (χ1) is 8.13. The Morgan fingerprint density at radius 2 is 1.94 bits per heavy atom. The Balaban J connectivity index is 0.00000289. The van der Waals surface area contributed by atoms with Crippen LogP contribution in [0.15, 0.2) is 41.9 Å². The summed E-state index contributed by atoms with van der Waals surface area (Å²) in [5.41, 5.74) is 12.2. The van der Waals surface area contributed by atoms with Gasteiger partial charge in [0.25, 0.3) is 0 Å². The van der Waals surface area contributed by atoms with Crippen molar-refractivity contribution in [3.8, 4) is 0 Å². The maximum absolute atomic E-state index is 10.9. The van der Waals surface area contributed by atoms with Crippen LogP contribution in [0.25, 0.3) is 0 Å². The third kappa shape index (κ3) is 5.67. The Hall–Kier alpha value is -1.57. The van der Waals surface area contributed by atoms with E-state index in [-0.39, 0.29) is 24.0 Å². The molecule has 0 spiro atoms. The SMILES string of the molecule is C=CCNC(N)=NCc1ccc(C(N)=O)cc1.I. The van der Waals surface area contributed by atoms with Gasteiger partial charge in [0.2, 0.25) is 5.91 Å². The Bertz CT molecular complexity index is 428. The van der Waals surface area contributed by atoms with Crippen LogP contribution >= 0.6 is 24.0 Å². The van der Waals surface area contributed by atoms with Crippen LogP contribution in [0.2, 0.25) is 0 Å². The first kappa shape index (κ1) is 16.4. The molecule has 1 aromatic rings. The van der Waals surface area contributed by atoms with Crippen LogP contribution < -0.4 is 16.8 Å². The molecule has 5 nitrogen and oxygen atoms in total. The lowest BCUT2D eigenvalue weighted by atomic mass is 10.1. The summed E-state index contributed by atoms with van der Waals surface area (Å²) in [4.78, 5) is 15.0. The molecule has 98 valence electrons. The second-order valence-corrected chi connectivity index (χ2v) is 3.43. The molecular formula is C12H17IN4O. The van der Waals surface area contributed by atoms with Crippen molar-refractivity contribution < 1.29 is 4.79 Å². The van der Waals surface area contributed by atoms with E-state index in [9.17, 15) is 4.79 Å². The van der Waals surface area contributed by atoms with Crippen molar-refractivity contribution in [1.82, 2.24) is 5.32 Å². The third-order valence-corrected chi connectivity index (χ3v) is 2.10. The Labute approximate surface area is 123 Å². The average Bonchev–Trinajstić information content (AvgIpc) is 2.34. The summed E-state index contributed by atoms with van der Waals surface area (Å²) < 4.78 is 0. The largest absolute Gasteiger partial charge is 0.370 e. The van der Waals surface area contributed by atoms with Gasteiger partial charge in [0.05, 0.1) is 6.54 Å². The summed E-state index contributed by atoms with van der Waals surface area (Å²) in [5.74, 6) is -0.0731. The maximum Gasteiger partial charge on any atom is 0.248 e. The fourth-order valence-corrected chi connectivity index (χ4v) is 1.18. The summed E-state index contributed by atoms with van der Waals surface area (Å²) in [6.07, 6.45) is 1.70. The molecular weight excluding hydrogens is 343 g/mol. The van der Waals surface area contributed by atoms with Gasteiger partial charge in [-0.2, -0.15) is 0 Å². The highest BCUT2D eigenvalue weighted by Crippen LogP contribution is 2.04. The summed E-state index contributed by atoms with van der Waals surface area (Å²) >= 11 is 0. The number of nitrogens with one attached hydrogen (secondary N) is 1. The number of carbonyl (C=O) groups excluding carboxylic acids is 1. The number of benzene rings is 1. The van der Waals surface area contributed by atoms with Gasteiger partial charge in [0, 0.05) is 12.1 Å². The number of nitrogens with zero attached hydrogens (tertiary/aromatic N) is 1. The average molecular weight is 360 g/mol. The van der Waals surface area contributed by atoms with Gasteiger partial charge >= 0.3 is 0 Å². The number of guanidine groups is 1. The van der Waals surface area contributed by atoms with E-state index in [1.807, 2.05) is 0 Å². The minimum absolute atomic E-state index is 0. The van der Waals surface area contributed by atoms with Crippen LogP contribution in [0.1, 0.15) is 15.9 Å². The van der Waals surface area contributed by atoms with Crippen molar-refractivity contribution in [2.75, 3.05) is 6.54 Å². The fourth-order valence-electron chi connectivity index (χ4n) is 1.18. The van der Waals surface area contributed by atoms with Gasteiger partial charge in [0.15, 0.2) is 5.96 Å². The van der Waals surface area contributed by atoms with Crippen molar-refractivity contribution >= 4 is 35.8 Å². The molecule has 0 radical (unpaired) electrons. The fraction of sp³-hybridized carbons (Fsp3) is 0.167. The lowest BCUT2D eigenvalue weighted by Gasteiger charge is -2.02. The molecule has 0 aromatic heterocycles. The molecule has 6 heteroatoms. The first-order valence-corrected chi connectivity index (χ1v) is 5.17. The number of halogens is 1.